The zero-order chi connectivity index (χ0) is 19.2. The highest BCUT2D eigenvalue weighted by Crippen LogP contribution is 2.15. The van der Waals surface area contributed by atoms with E-state index in [2.05, 4.69) is 10.3 Å². The minimum absolute atomic E-state index is 0.0646. The van der Waals surface area contributed by atoms with Gasteiger partial charge in [-0.1, -0.05) is 0 Å². The molecular weight excluding hydrogens is 350 g/mol. The molecule has 9 nitrogen and oxygen atoms in total. The molecule has 0 aromatic carbocycles. The van der Waals surface area contributed by atoms with Gasteiger partial charge in [-0.05, 0) is 25.0 Å². The molecule has 1 aromatic rings. The Bertz CT molecular complexity index is 684. The second-order valence-electron chi connectivity index (χ2n) is 6.77. The van der Waals surface area contributed by atoms with Gasteiger partial charge in [0.15, 0.2) is 0 Å². The van der Waals surface area contributed by atoms with E-state index in [0.29, 0.717) is 57.7 Å². The maximum Gasteiger partial charge on any atom is 0.311 e. The Hall–Kier alpha value is -2.52. The molecule has 0 saturated carbocycles. The number of carbonyl (C=O) groups excluding carboxylic acids is 3. The SMILES string of the molecule is NCCOC1CCN(C(=O)C(=O)NC2CCN(C(=O)c3ccncc3)C2)C1. The second-order valence-corrected chi connectivity index (χ2v) is 6.77. The van der Waals surface area contributed by atoms with Crippen LogP contribution in [-0.4, -0.2) is 84.0 Å². The predicted octanol–water partition coefficient (Wildman–Crippen LogP) is -1.01. The van der Waals surface area contributed by atoms with Crippen molar-refractivity contribution in [2.45, 2.75) is 25.0 Å². The van der Waals surface area contributed by atoms with Gasteiger partial charge < -0.3 is 25.6 Å². The van der Waals surface area contributed by atoms with E-state index in [-0.39, 0.29) is 18.1 Å². The first kappa shape index (κ1) is 19.2. The first-order valence-electron chi connectivity index (χ1n) is 9.19. The lowest BCUT2D eigenvalue weighted by molar-refractivity contribution is -0.145. The monoisotopic (exact) mass is 375 g/mol. The van der Waals surface area contributed by atoms with Gasteiger partial charge in [0.2, 0.25) is 0 Å². The van der Waals surface area contributed by atoms with Crippen LogP contribution in [0.15, 0.2) is 24.5 Å². The molecule has 2 atom stereocenters. The average molecular weight is 375 g/mol. The van der Waals surface area contributed by atoms with Crippen molar-refractivity contribution in [3.8, 4) is 0 Å². The minimum Gasteiger partial charge on any atom is -0.375 e. The lowest BCUT2D eigenvalue weighted by atomic mass is 10.2. The summed E-state index contributed by atoms with van der Waals surface area (Å²) < 4.78 is 5.53. The number of nitrogens with two attached hydrogens (primary N) is 1. The molecule has 3 heterocycles. The number of nitrogens with zero attached hydrogens (tertiary/aromatic N) is 3. The third-order valence-corrected chi connectivity index (χ3v) is 4.84. The Morgan fingerprint density at radius 3 is 2.63 bits per heavy atom. The number of aromatic nitrogens is 1. The van der Waals surface area contributed by atoms with Gasteiger partial charge >= 0.3 is 11.8 Å². The molecule has 2 aliphatic heterocycles. The molecule has 2 fully saturated rings. The smallest absolute Gasteiger partial charge is 0.311 e. The molecule has 2 saturated heterocycles. The van der Waals surface area contributed by atoms with Crippen molar-refractivity contribution in [2.75, 3.05) is 39.3 Å². The number of likely N-dealkylation sites (tertiary alicyclic amines) is 2. The lowest BCUT2D eigenvalue weighted by Crippen LogP contribution is -2.47. The number of pyridine rings is 1. The molecule has 1 aromatic heterocycles. The van der Waals surface area contributed by atoms with Gasteiger partial charge in [-0.25, -0.2) is 0 Å². The Labute approximate surface area is 157 Å². The van der Waals surface area contributed by atoms with Gasteiger partial charge in [0.25, 0.3) is 5.91 Å². The van der Waals surface area contributed by atoms with Crippen LogP contribution in [0.4, 0.5) is 0 Å². The van der Waals surface area contributed by atoms with Crippen LogP contribution in [0.3, 0.4) is 0 Å². The van der Waals surface area contributed by atoms with E-state index in [0.717, 1.165) is 0 Å². The standard InChI is InChI=1S/C18H25N5O4/c19-5-10-27-15-4-9-23(12-15)18(26)16(24)21-14-3-8-22(11-14)17(25)13-1-6-20-7-2-13/h1-2,6-7,14-15H,3-5,8-12,19H2,(H,21,24). The fourth-order valence-electron chi connectivity index (χ4n) is 3.41. The van der Waals surface area contributed by atoms with E-state index in [1.165, 1.54) is 4.90 Å². The number of amides is 3. The molecule has 0 spiro atoms. The molecular formula is C18H25N5O4. The van der Waals surface area contributed by atoms with Crippen LogP contribution in [0, 0.1) is 0 Å². The summed E-state index contributed by atoms with van der Waals surface area (Å²) in [5.74, 6) is -1.27. The van der Waals surface area contributed by atoms with Crippen LogP contribution in [-0.2, 0) is 14.3 Å². The zero-order valence-corrected chi connectivity index (χ0v) is 15.2. The van der Waals surface area contributed by atoms with Gasteiger partial charge in [0.1, 0.15) is 0 Å². The summed E-state index contributed by atoms with van der Waals surface area (Å²) in [4.78, 5) is 44.1. The topological polar surface area (TPSA) is 118 Å². The van der Waals surface area contributed by atoms with E-state index in [9.17, 15) is 14.4 Å². The van der Waals surface area contributed by atoms with Gasteiger partial charge in [-0.3, -0.25) is 19.4 Å². The summed E-state index contributed by atoms with van der Waals surface area (Å²) in [6, 6.07) is 3.10. The summed E-state index contributed by atoms with van der Waals surface area (Å²) in [6.07, 6.45) is 4.41. The predicted molar refractivity (Wildman–Crippen MR) is 96.7 cm³/mol. The number of hydrogen-bond acceptors (Lipinski definition) is 6. The van der Waals surface area contributed by atoms with Crippen LogP contribution in [0.1, 0.15) is 23.2 Å². The van der Waals surface area contributed by atoms with E-state index in [4.69, 9.17) is 10.5 Å². The maximum absolute atomic E-state index is 12.4. The van der Waals surface area contributed by atoms with Crippen molar-refractivity contribution in [2.24, 2.45) is 5.73 Å². The van der Waals surface area contributed by atoms with Crippen molar-refractivity contribution in [1.29, 1.82) is 0 Å². The highest BCUT2D eigenvalue weighted by Gasteiger charge is 2.33. The molecule has 27 heavy (non-hydrogen) atoms. The average Bonchev–Trinajstić information content (AvgIpc) is 3.35. The summed E-state index contributed by atoms with van der Waals surface area (Å²) in [5, 5.41) is 2.75. The van der Waals surface area contributed by atoms with E-state index < -0.39 is 11.8 Å². The largest absolute Gasteiger partial charge is 0.375 e. The number of nitrogens with one attached hydrogen (secondary N) is 1. The van der Waals surface area contributed by atoms with Crippen LogP contribution < -0.4 is 11.1 Å². The number of hydrogen-bond donors (Lipinski definition) is 2. The van der Waals surface area contributed by atoms with Crippen molar-refractivity contribution < 1.29 is 19.1 Å². The fourth-order valence-corrected chi connectivity index (χ4v) is 3.41. The van der Waals surface area contributed by atoms with Crippen LogP contribution >= 0.6 is 0 Å². The van der Waals surface area contributed by atoms with Gasteiger partial charge in [-0.15, -0.1) is 0 Å². The quantitative estimate of drug-likeness (QED) is 0.637. The van der Waals surface area contributed by atoms with Crippen molar-refractivity contribution in [1.82, 2.24) is 20.1 Å². The maximum atomic E-state index is 12.4. The molecule has 9 heteroatoms. The molecule has 2 unspecified atom stereocenters. The number of ether oxygens (including phenoxy) is 1. The number of carbonyl (C=O) groups is 3. The molecule has 2 aliphatic rings. The van der Waals surface area contributed by atoms with Crippen LogP contribution in [0.25, 0.3) is 0 Å². The number of rotatable bonds is 5. The Morgan fingerprint density at radius 1 is 1.15 bits per heavy atom. The third-order valence-electron chi connectivity index (χ3n) is 4.84. The zero-order valence-electron chi connectivity index (χ0n) is 15.2. The van der Waals surface area contributed by atoms with E-state index in [1.807, 2.05) is 0 Å². The lowest BCUT2D eigenvalue weighted by Gasteiger charge is -2.19. The second kappa shape index (κ2) is 8.92. The Balaban J connectivity index is 1.46. The van der Waals surface area contributed by atoms with E-state index >= 15 is 0 Å². The Morgan fingerprint density at radius 2 is 1.89 bits per heavy atom. The van der Waals surface area contributed by atoms with Crippen molar-refractivity contribution in [3.63, 3.8) is 0 Å². The molecule has 3 N–H and O–H groups in total. The highest BCUT2D eigenvalue weighted by atomic mass is 16.5. The van der Waals surface area contributed by atoms with Crippen LogP contribution in [0.2, 0.25) is 0 Å². The summed E-state index contributed by atoms with van der Waals surface area (Å²) in [7, 11) is 0. The molecule has 146 valence electrons. The summed E-state index contributed by atoms with van der Waals surface area (Å²) in [6.45, 7) is 2.72. The molecule has 0 radical (unpaired) electrons. The molecule has 0 aliphatic carbocycles. The van der Waals surface area contributed by atoms with Gasteiger partial charge in [-0.2, -0.15) is 0 Å². The van der Waals surface area contributed by atoms with Crippen molar-refractivity contribution in [3.05, 3.63) is 30.1 Å². The van der Waals surface area contributed by atoms with Gasteiger partial charge in [0, 0.05) is 56.7 Å². The van der Waals surface area contributed by atoms with Crippen LogP contribution in [0.5, 0.6) is 0 Å². The molecule has 3 amide bonds. The highest BCUT2D eigenvalue weighted by molar-refractivity contribution is 6.35. The first-order valence-corrected chi connectivity index (χ1v) is 9.19. The Kier molecular flexibility index (Phi) is 6.36. The molecule has 0 bridgehead atoms. The third kappa shape index (κ3) is 4.81. The first-order chi connectivity index (χ1) is 13.1. The summed E-state index contributed by atoms with van der Waals surface area (Å²) in [5.41, 5.74) is 5.97. The minimum atomic E-state index is -0.627. The van der Waals surface area contributed by atoms with E-state index in [1.54, 1.807) is 29.4 Å². The van der Waals surface area contributed by atoms with Crippen molar-refractivity contribution >= 4 is 17.7 Å². The molecule has 3 rings (SSSR count). The normalized spacial score (nSPS) is 22.1. The fraction of sp³-hybridized carbons (Fsp3) is 0.556. The summed E-state index contributed by atoms with van der Waals surface area (Å²) >= 11 is 0. The van der Waals surface area contributed by atoms with Gasteiger partial charge in [0.05, 0.1) is 12.7 Å².